The van der Waals surface area contributed by atoms with Crippen LogP contribution in [0.15, 0.2) is 11.8 Å². The maximum Gasteiger partial charge on any atom is 0.171 e. The van der Waals surface area contributed by atoms with Gasteiger partial charge in [0.2, 0.25) is 0 Å². The quantitative estimate of drug-likeness (QED) is 0.353. The van der Waals surface area contributed by atoms with E-state index >= 15 is 0 Å². The summed E-state index contributed by atoms with van der Waals surface area (Å²) in [6.45, 7) is 1.35. The lowest BCUT2D eigenvalue weighted by Gasteiger charge is -2.07. The molecule has 0 aromatic rings. The molecule has 0 aliphatic heterocycles. The van der Waals surface area contributed by atoms with Gasteiger partial charge in [-0.25, -0.2) is 5.01 Å². The number of allylic oxidation sites excluding steroid dienone is 1. The summed E-state index contributed by atoms with van der Waals surface area (Å²) in [5.41, 5.74) is 2.83. The van der Waals surface area contributed by atoms with E-state index in [9.17, 15) is 4.79 Å². The van der Waals surface area contributed by atoms with E-state index in [1.54, 1.807) is 25.2 Å². The molecule has 0 saturated carbocycles. The van der Waals surface area contributed by atoms with Gasteiger partial charge in [0.05, 0.1) is 0 Å². The van der Waals surface area contributed by atoms with Crippen LogP contribution in [0.1, 0.15) is 6.92 Å². The van der Waals surface area contributed by atoms with Crippen molar-refractivity contribution < 1.29 is 4.79 Å². The van der Waals surface area contributed by atoms with E-state index in [4.69, 9.17) is 5.26 Å². The Morgan fingerprint density at radius 1 is 1.64 bits per heavy atom. The number of nitriles is 1. The predicted molar refractivity (Wildman–Crippen MR) is 41.2 cm³/mol. The minimum atomic E-state index is -0.234. The molecule has 0 atom stereocenters. The van der Waals surface area contributed by atoms with Crippen molar-refractivity contribution in [2.45, 2.75) is 6.92 Å². The highest BCUT2D eigenvalue weighted by molar-refractivity contribution is 5.96. The van der Waals surface area contributed by atoms with Crippen LogP contribution >= 0.6 is 0 Å². The van der Waals surface area contributed by atoms with Crippen molar-refractivity contribution in [1.82, 2.24) is 10.4 Å². The second-order valence-electron chi connectivity index (χ2n) is 2.25. The Kier molecular flexibility index (Phi) is 3.93. The molecule has 4 heteroatoms. The molecule has 0 amide bonds. The fraction of sp³-hybridized carbons (Fsp3) is 0.429. The summed E-state index contributed by atoms with van der Waals surface area (Å²) in [6, 6.07) is 1.78. The van der Waals surface area contributed by atoms with Gasteiger partial charge in [0.25, 0.3) is 0 Å². The number of nitrogens with zero attached hydrogens (tertiary/aromatic N) is 2. The highest BCUT2D eigenvalue weighted by Crippen LogP contribution is 1.90. The van der Waals surface area contributed by atoms with E-state index < -0.39 is 0 Å². The predicted octanol–water partition coefficient (Wildman–Crippen LogP) is 0.0491. The van der Waals surface area contributed by atoms with Crippen molar-refractivity contribution in [1.29, 1.82) is 5.26 Å². The lowest BCUT2D eigenvalue weighted by atomic mass is 10.2. The van der Waals surface area contributed by atoms with Crippen LogP contribution in [-0.4, -0.2) is 24.9 Å². The second-order valence-corrected chi connectivity index (χ2v) is 2.25. The van der Waals surface area contributed by atoms with E-state index in [1.165, 1.54) is 13.1 Å². The number of hydrazine groups is 1. The molecule has 0 aliphatic rings. The molecule has 0 aromatic carbocycles. The number of carbonyl (C=O) groups excluding carboxylic acids is 1. The fourth-order valence-electron chi connectivity index (χ4n) is 0.406. The molecule has 0 unspecified atom stereocenters. The molecule has 0 fully saturated rings. The lowest BCUT2D eigenvalue weighted by Crippen LogP contribution is -2.25. The van der Waals surface area contributed by atoms with Gasteiger partial charge in [-0.2, -0.15) is 5.26 Å². The summed E-state index contributed by atoms with van der Waals surface area (Å²) in [6.07, 6.45) is 1.38. The standard InChI is InChI=1S/C7H11N3O/c1-6(11)7(4-8)5-9-10(2)3/h5,9H,1-3H3/b7-5-. The lowest BCUT2D eigenvalue weighted by molar-refractivity contribution is -0.113. The monoisotopic (exact) mass is 153 g/mol. The largest absolute Gasteiger partial charge is 0.325 e. The zero-order valence-corrected chi connectivity index (χ0v) is 6.88. The third-order valence-corrected chi connectivity index (χ3v) is 0.967. The van der Waals surface area contributed by atoms with E-state index in [-0.39, 0.29) is 11.4 Å². The topological polar surface area (TPSA) is 56.1 Å². The SMILES string of the molecule is CC(=O)/C(C#N)=C\NN(C)C. The third kappa shape index (κ3) is 4.12. The third-order valence-electron chi connectivity index (χ3n) is 0.967. The minimum absolute atomic E-state index is 0.124. The molecule has 0 aliphatic carbocycles. The van der Waals surface area contributed by atoms with Crippen LogP contribution in [0.2, 0.25) is 0 Å². The first-order chi connectivity index (χ1) is 5.07. The fourth-order valence-corrected chi connectivity index (χ4v) is 0.406. The van der Waals surface area contributed by atoms with Crippen molar-refractivity contribution >= 4 is 5.78 Å². The first-order valence-electron chi connectivity index (χ1n) is 3.12. The molecule has 0 aromatic heterocycles. The van der Waals surface area contributed by atoms with Crippen LogP contribution < -0.4 is 5.43 Å². The maximum absolute atomic E-state index is 10.6. The Balaban J connectivity index is 4.17. The van der Waals surface area contributed by atoms with Crippen LogP contribution in [0.3, 0.4) is 0 Å². The minimum Gasteiger partial charge on any atom is -0.325 e. The summed E-state index contributed by atoms with van der Waals surface area (Å²) in [7, 11) is 3.54. The Hall–Kier alpha value is -1.34. The van der Waals surface area contributed by atoms with E-state index in [0.717, 1.165) is 0 Å². The van der Waals surface area contributed by atoms with E-state index in [2.05, 4.69) is 5.43 Å². The van der Waals surface area contributed by atoms with E-state index in [1.807, 2.05) is 0 Å². The van der Waals surface area contributed by atoms with Crippen molar-refractivity contribution in [2.75, 3.05) is 14.1 Å². The molecular formula is C7H11N3O. The summed E-state index contributed by atoms with van der Waals surface area (Å²) in [5.74, 6) is -0.234. The average Bonchev–Trinajstić information content (AvgIpc) is 1.87. The number of rotatable bonds is 3. The molecule has 0 heterocycles. The number of nitrogens with one attached hydrogen (secondary N) is 1. The molecule has 0 rings (SSSR count). The number of hydrogen-bond acceptors (Lipinski definition) is 4. The van der Waals surface area contributed by atoms with Gasteiger partial charge in [-0.3, -0.25) is 4.79 Å². The first-order valence-corrected chi connectivity index (χ1v) is 3.12. The van der Waals surface area contributed by atoms with Crippen molar-refractivity contribution in [3.05, 3.63) is 11.8 Å². The highest BCUT2D eigenvalue weighted by atomic mass is 16.1. The van der Waals surface area contributed by atoms with Gasteiger partial charge < -0.3 is 5.43 Å². The summed E-state index contributed by atoms with van der Waals surface area (Å²) in [4.78, 5) is 10.6. The Morgan fingerprint density at radius 2 is 2.18 bits per heavy atom. The summed E-state index contributed by atoms with van der Waals surface area (Å²) >= 11 is 0. The van der Waals surface area contributed by atoms with Gasteiger partial charge in [-0.1, -0.05) is 0 Å². The van der Waals surface area contributed by atoms with Gasteiger partial charge in [-0.05, 0) is 6.92 Å². The second kappa shape index (κ2) is 4.47. The summed E-state index contributed by atoms with van der Waals surface area (Å²) < 4.78 is 0. The van der Waals surface area contributed by atoms with Crippen molar-refractivity contribution in [3.8, 4) is 6.07 Å². The van der Waals surface area contributed by atoms with Gasteiger partial charge in [0.1, 0.15) is 11.6 Å². The first kappa shape index (κ1) is 9.66. The van der Waals surface area contributed by atoms with Gasteiger partial charge in [0.15, 0.2) is 5.78 Å². The summed E-state index contributed by atoms with van der Waals surface area (Å²) in [5, 5.41) is 10.1. The zero-order chi connectivity index (χ0) is 8.85. The number of carbonyl (C=O) groups is 1. The molecule has 0 bridgehead atoms. The normalized spacial score (nSPS) is 11.0. The molecule has 1 N–H and O–H groups in total. The van der Waals surface area contributed by atoms with Crippen LogP contribution in [0.4, 0.5) is 0 Å². The average molecular weight is 153 g/mol. The molecule has 60 valence electrons. The molecule has 0 radical (unpaired) electrons. The Labute approximate surface area is 66.1 Å². The number of Topliss-reactive ketones (excluding diaryl/α,β-unsaturated/α-hetero) is 1. The molecule has 11 heavy (non-hydrogen) atoms. The Morgan fingerprint density at radius 3 is 2.45 bits per heavy atom. The van der Waals surface area contributed by atoms with E-state index in [0.29, 0.717) is 0 Å². The Bertz CT molecular complexity index is 212. The molecular weight excluding hydrogens is 142 g/mol. The molecule has 4 nitrogen and oxygen atoms in total. The molecule has 0 spiro atoms. The van der Waals surface area contributed by atoms with Gasteiger partial charge >= 0.3 is 0 Å². The maximum atomic E-state index is 10.6. The van der Waals surface area contributed by atoms with Crippen LogP contribution in [-0.2, 0) is 4.79 Å². The van der Waals surface area contributed by atoms with Gasteiger partial charge in [-0.15, -0.1) is 0 Å². The smallest absolute Gasteiger partial charge is 0.171 e. The van der Waals surface area contributed by atoms with Crippen molar-refractivity contribution in [2.24, 2.45) is 0 Å². The van der Waals surface area contributed by atoms with Crippen molar-refractivity contribution in [3.63, 3.8) is 0 Å². The number of ketones is 1. The van der Waals surface area contributed by atoms with Crippen LogP contribution in [0.5, 0.6) is 0 Å². The van der Waals surface area contributed by atoms with Gasteiger partial charge in [0, 0.05) is 20.3 Å². The zero-order valence-electron chi connectivity index (χ0n) is 6.88. The van der Waals surface area contributed by atoms with Crippen LogP contribution in [0, 0.1) is 11.3 Å². The molecule has 0 saturated heterocycles. The highest BCUT2D eigenvalue weighted by Gasteiger charge is 1.99. The number of hydrogen-bond donors (Lipinski definition) is 1. The van der Waals surface area contributed by atoms with Crippen LogP contribution in [0.25, 0.3) is 0 Å².